The van der Waals surface area contributed by atoms with Crippen LogP contribution in [0.2, 0.25) is 0 Å². The van der Waals surface area contributed by atoms with Gasteiger partial charge in [0, 0.05) is 6.54 Å². The highest BCUT2D eigenvalue weighted by Gasteiger charge is 2.06. The van der Waals surface area contributed by atoms with Gasteiger partial charge in [-0.25, -0.2) is 4.98 Å². The SMILES string of the molecule is CC(C)OCCN(C)Cc1nc2ccccc2c(=O)[nH]1. The molecule has 0 atom stereocenters. The minimum atomic E-state index is -0.0857. The third-order valence-electron chi connectivity index (χ3n) is 3.01. The maximum absolute atomic E-state index is 11.9. The summed E-state index contributed by atoms with van der Waals surface area (Å²) in [5, 5.41) is 0.627. The average molecular weight is 275 g/mol. The highest BCUT2D eigenvalue weighted by Crippen LogP contribution is 2.06. The number of nitrogens with zero attached hydrogens (tertiary/aromatic N) is 2. The van der Waals surface area contributed by atoms with Gasteiger partial charge in [-0.3, -0.25) is 9.69 Å². The Morgan fingerprint density at radius 1 is 1.35 bits per heavy atom. The molecule has 0 aliphatic rings. The van der Waals surface area contributed by atoms with Gasteiger partial charge in [0.2, 0.25) is 0 Å². The first kappa shape index (κ1) is 14.7. The summed E-state index contributed by atoms with van der Waals surface area (Å²) in [5.74, 6) is 0.681. The fraction of sp³-hybridized carbons (Fsp3) is 0.467. The van der Waals surface area contributed by atoms with Crippen LogP contribution in [0.3, 0.4) is 0 Å². The summed E-state index contributed by atoms with van der Waals surface area (Å²) < 4.78 is 5.51. The number of aromatic amines is 1. The van der Waals surface area contributed by atoms with Crippen molar-refractivity contribution in [3.05, 3.63) is 40.4 Å². The van der Waals surface area contributed by atoms with Crippen LogP contribution in [0.25, 0.3) is 10.9 Å². The van der Waals surface area contributed by atoms with Crippen LogP contribution in [0, 0.1) is 0 Å². The van der Waals surface area contributed by atoms with Crippen molar-refractivity contribution >= 4 is 10.9 Å². The van der Waals surface area contributed by atoms with Gasteiger partial charge in [0.15, 0.2) is 0 Å². The lowest BCUT2D eigenvalue weighted by molar-refractivity contribution is 0.0623. The Bertz CT molecular complexity index is 622. The molecular formula is C15H21N3O2. The Kier molecular flexibility index (Phi) is 4.87. The number of fused-ring (bicyclic) bond motifs is 1. The molecule has 108 valence electrons. The Morgan fingerprint density at radius 2 is 2.10 bits per heavy atom. The van der Waals surface area contributed by atoms with Gasteiger partial charge < -0.3 is 9.72 Å². The summed E-state index contributed by atoms with van der Waals surface area (Å²) in [7, 11) is 1.98. The highest BCUT2D eigenvalue weighted by atomic mass is 16.5. The smallest absolute Gasteiger partial charge is 0.258 e. The molecule has 1 N–H and O–H groups in total. The van der Waals surface area contributed by atoms with E-state index in [1.165, 1.54) is 0 Å². The van der Waals surface area contributed by atoms with E-state index < -0.39 is 0 Å². The van der Waals surface area contributed by atoms with E-state index in [1.807, 2.05) is 39.1 Å². The number of nitrogens with one attached hydrogen (secondary N) is 1. The first-order chi connectivity index (χ1) is 9.56. The molecule has 0 amide bonds. The molecule has 1 aromatic heterocycles. The number of benzene rings is 1. The van der Waals surface area contributed by atoms with Crippen molar-refractivity contribution in [1.82, 2.24) is 14.9 Å². The summed E-state index contributed by atoms with van der Waals surface area (Å²) in [6.45, 7) is 6.10. The van der Waals surface area contributed by atoms with Crippen LogP contribution in [-0.4, -0.2) is 41.2 Å². The zero-order valence-corrected chi connectivity index (χ0v) is 12.2. The fourth-order valence-corrected chi connectivity index (χ4v) is 1.99. The number of likely N-dealkylation sites (N-methyl/N-ethyl adjacent to an activating group) is 1. The van der Waals surface area contributed by atoms with E-state index in [2.05, 4.69) is 14.9 Å². The zero-order valence-electron chi connectivity index (χ0n) is 12.2. The number of ether oxygens (including phenoxy) is 1. The second-order valence-corrected chi connectivity index (χ2v) is 5.19. The molecule has 0 aliphatic heterocycles. The molecule has 1 heterocycles. The van der Waals surface area contributed by atoms with Crippen molar-refractivity contribution in [3.63, 3.8) is 0 Å². The molecule has 1 aromatic carbocycles. The molecule has 5 nitrogen and oxygen atoms in total. The van der Waals surface area contributed by atoms with Crippen LogP contribution in [-0.2, 0) is 11.3 Å². The molecule has 5 heteroatoms. The molecule has 0 radical (unpaired) electrons. The number of aromatic nitrogens is 2. The lowest BCUT2D eigenvalue weighted by Crippen LogP contribution is -2.26. The molecule has 0 saturated heterocycles. The van der Waals surface area contributed by atoms with Crippen molar-refractivity contribution in [1.29, 1.82) is 0 Å². The summed E-state index contributed by atoms with van der Waals surface area (Å²) in [4.78, 5) is 21.3. The molecule has 0 aliphatic carbocycles. The fourth-order valence-electron chi connectivity index (χ4n) is 1.99. The summed E-state index contributed by atoms with van der Waals surface area (Å²) >= 11 is 0. The second-order valence-electron chi connectivity index (χ2n) is 5.19. The summed E-state index contributed by atoms with van der Waals surface area (Å²) in [6, 6.07) is 7.37. The monoisotopic (exact) mass is 275 g/mol. The summed E-state index contributed by atoms with van der Waals surface area (Å²) in [6.07, 6.45) is 0.238. The van der Waals surface area contributed by atoms with Gasteiger partial charge >= 0.3 is 0 Å². The van der Waals surface area contributed by atoms with Gasteiger partial charge in [-0.15, -0.1) is 0 Å². The third-order valence-corrected chi connectivity index (χ3v) is 3.01. The molecular weight excluding hydrogens is 254 g/mol. The predicted octanol–water partition coefficient (Wildman–Crippen LogP) is 1.78. The van der Waals surface area contributed by atoms with Crippen molar-refractivity contribution in [2.75, 3.05) is 20.2 Å². The predicted molar refractivity (Wildman–Crippen MR) is 79.8 cm³/mol. The molecule has 0 saturated carbocycles. The number of para-hydroxylation sites is 1. The van der Waals surface area contributed by atoms with E-state index in [-0.39, 0.29) is 11.7 Å². The number of H-pyrrole nitrogens is 1. The normalized spacial score (nSPS) is 11.7. The van der Waals surface area contributed by atoms with E-state index in [4.69, 9.17) is 4.74 Å². The Hall–Kier alpha value is -1.72. The lowest BCUT2D eigenvalue weighted by atomic mass is 10.2. The van der Waals surface area contributed by atoms with Gasteiger partial charge in [-0.2, -0.15) is 0 Å². The topological polar surface area (TPSA) is 58.2 Å². The van der Waals surface area contributed by atoms with E-state index in [0.717, 1.165) is 12.1 Å². The largest absolute Gasteiger partial charge is 0.377 e. The van der Waals surface area contributed by atoms with E-state index in [1.54, 1.807) is 6.07 Å². The van der Waals surface area contributed by atoms with Gasteiger partial charge in [-0.1, -0.05) is 12.1 Å². The average Bonchev–Trinajstić information content (AvgIpc) is 2.38. The van der Waals surface area contributed by atoms with E-state index >= 15 is 0 Å². The molecule has 2 aromatic rings. The molecule has 0 fully saturated rings. The Morgan fingerprint density at radius 3 is 2.85 bits per heavy atom. The molecule has 0 bridgehead atoms. The minimum absolute atomic E-state index is 0.0857. The van der Waals surface area contributed by atoms with E-state index in [9.17, 15) is 4.79 Å². The van der Waals surface area contributed by atoms with Crippen LogP contribution >= 0.6 is 0 Å². The quantitative estimate of drug-likeness (QED) is 0.873. The van der Waals surface area contributed by atoms with Crippen LogP contribution in [0.1, 0.15) is 19.7 Å². The first-order valence-corrected chi connectivity index (χ1v) is 6.84. The number of rotatable bonds is 6. The van der Waals surface area contributed by atoms with Crippen molar-refractivity contribution < 1.29 is 4.74 Å². The lowest BCUT2D eigenvalue weighted by Gasteiger charge is -2.17. The van der Waals surface area contributed by atoms with Gasteiger partial charge in [0.05, 0.1) is 30.2 Å². The maximum Gasteiger partial charge on any atom is 0.258 e. The van der Waals surface area contributed by atoms with E-state index in [0.29, 0.717) is 24.4 Å². The molecule has 20 heavy (non-hydrogen) atoms. The minimum Gasteiger partial charge on any atom is -0.377 e. The standard InChI is InChI=1S/C15H21N3O2/c1-11(2)20-9-8-18(3)10-14-16-13-7-5-4-6-12(13)15(19)17-14/h4-7,11H,8-10H2,1-3H3,(H,16,17,19). The van der Waals surface area contributed by atoms with Crippen LogP contribution in [0.5, 0.6) is 0 Å². The third kappa shape index (κ3) is 3.88. The number of hydrogen-bond acceptors (Lipinski definition) is 4. The molecule has 0 unspecified atom stereocenters. The molecule has 0 spiro atoms. The Balaban J connectivity index is 2.04. The molecule has 2 rings (SSSR count). The first-order valence-electron chi connectivity index (χ1n) is 6.84. The zero-order chi connectivity index (χ0) is 14.5. The number of hydrogen-bond donors (Lipinski definition) is 1. The van der Waals surface area contributed by atoms with Crippen LogP contribution < -0.4 is 5.56 Å². The van der Waals surface area contributed by atoms with Crippen LogP contribution in [0.15, 0.2) is 29.1 Å². The van der Waals surface area contributed by atoms with Crippen LogP contribution in [0.4, 0.5) is 0 Å². The maximum atomic E-state index is 11.9. The van der Waals surface area contributed by atoms with Gasteiger partial charge in [0.1, 0.15) is 5.82 Å². The highest BCUT2D eigenvalue weighted by molar-refractivity contribution is 5.77. The van der Waals surface area contributed by atoms with Crippen molar-refractivity contribution in [2.24, 2.45) is 0 Å². The van der Waals surface area contributed by atoms with Crippen molar-refractivity contribution in [3.8, 4) is 0 Å². The second kappa shape index (κ2) is 6.63. The Labute approximate surface area is 118 Å². The van der Waals surface area contributed by atoms with Gasteiger partial charge in [0.25, 0.3) is 5.56 Å². The summed E-state index contributed by atoms with van der Waals surface area (Å²) in [5.41, 5.74) is 0.649. The van der Waals surface area contributed by atoms with Crippen molar-refractivity contribution in [2.45, 2.75) is 26.5 Å². The van der Waals surface area contributed by atoms with Gasteiger partial charge in [-0.05, 0) is 33.0 Å².